The van der Waals surface area contributed by atoms with E-state index in [0.717, 1.165) is 23.2 Å². The molecule has 4 aromatic rings. The van der Waals surface area contributed by atoms with Gasteiger partial charge in [0.15, 0.2) is 5.76 Å². The number of benzene rings is 2. The molecule has 0 aliphatic rings. The van der Waals surface area contributed by atoms with E-state index in [2.05, 4.69) is 10.2 Å². The molecule has 27 heavy (non-hydrogen) atoms. The molecule has 0 amide bonds. The molecule has 136 valence electrons. The van der Waals surface area contributed by atoms with Gasteiger partial charge in [-0.3, -0.25) is 10.1 Å². The number of hydrogen-bond donors (Lipinski definition) is 0. The molecule has 0 aliphatic heterocycles. The van der Waals surface area contributed by atoms with Crippen molar-refractivity contribution in [1.29, 1.82) is 0 Å². The van der Waals surface area contributed by atoms with E-state index in [-0.39, 0.29) is 21.8 Å². The summed E-state index contributed by atoms with van der Waals surface area (Å²) in [6.07, 6.45) is 0. The minimum Gasteiger partial charge on any atom is -0.497 e. The number of furan rings is 1. The average molecular weight is 387 g/mol. The van der Waals surface area contributed by atoms with Crippen molar-refractivity contribution in [3.8, 4) is 17.4 Å². The van der Waals surface area contributed by atoms with E-state index >= 15 is 0 Å². The second-order valence-electron chi connectivity index (χ2n) is 5.34. The third-order valence-electron chi connectivity index (χ3n) is 3.66. The molecule has 4 rings (SSSR count). The largest absolute Gasteiger partial charge is 0.497 e. The number of methoxy groups -OCH3 is 1. The molecule has 0 atom stereocenters. The Morgan fingerprint density at radius 1 is 1.19 bits per heavy atom. The van der Waals surface area contributed by atoms with Crippen LogP contribution in [0.4, 0.5) is 10.1 Å². The van der Waals surface area contributed by atoms with E-state index in [1.807, 2.05) is 18.2 Å². The highest BCUT2D eigenvalue weighted by atomic mass is 32.2. The van der Waals surface area contributed by atoms with Gasteiger partial charge in [-0.25, -0.2) is 0 Å². The summed E-state index contributed by atoms with van der Waals surface area (Å²) in [5.74, 6) is -0.405. The van der Waals surface area contributed by atoms with Gasteiger partial charge in [0.1, 0.15) is 16.2 Å². The Bertz CT molecular complexity index is 1120. The Hall–Kier alpha value is -3.40. The van der Waals surface area contributed by atoms with Crippen LogP contribution in [0.15, 0.2) is 61.4 Å². The predicted molar refractivity (Wildman–Crippen MR) is 93.2 cm³/mol. The van der Waals surface area contributed by atoms with Crippen LogP contribution in [-0.4, -0.2) is 22.2 Å². The van der Waals surface area contributed by atoms with Gasteiger partial charge in [-0.2, -0.15) is 4.39 Å². The van der Waals surface area contributed by atoms with E-state index in [0.29, 0.717) is 11.3 Å². The lowest BCUT2D eigenvalue weighted by molar-refractivity contribution is -0.390. The maximum atomic E-state index is 14.0. The number of nitro groups is 1. The molecule has 0 N–H and O–H groups in total. The Labute approximate surface area is 155 Å². The van der Waals surface area contributed by atoms with Crippen molar-refractivity contribution in [1.82, 2.24) is 10.2 Å². The van der Waals surface area contributed by atoms with Crippen molar-refractivity contribution in [3.63, 3.8) is 0 Å². The van der Waals surface area contributed by atoms with Crippen LogP contribution in [0.25, 0.3) is 22.6 Å². The fourth-order valence-corrected chi connectivity index (χ4v) is 3.29. The van der Waals surface area contributed by atoms with E-state index in [1.165, 1.54) is 13.2 Å². The quantitative estimate of drug-likeness (QED) is 0.359. The summed E-state index contributed by atoms with van der Waals surface area (Å²) in [5, 5.41) is 19.8. The number of ether oxygens (including phenoxy) is 1. The number of para-hydroxylation sites is 1. The van der Waals surface area contributed by atoms with Crippen LogP contribution in [0.1, 0.15) is 0 Å². The fourth-order valence-electron chi connectivity index (χ4n) is 2.45. The molecule has 2 aromatic heterocycles. The van der Waals surface area contributed by atoms with Gasteiger partial charge in [0.05, 0.1) is 12.0 Å². The smallest absolute Gasteiger partial charge is 0.319 e. The molecule has 0 radical (unpaired) electrons. The normalized spacial score (nSPS) is 11.0. The summed E-state index contributed by atoms with van der Waals surface area (Å²) in [7, 11) is 1.33. The summed E-state index contributed by atoms with van der Waals surface area (Å²) < 4.78 is 30.1. The number of nitrogens with zero attached hydrogens (tertiary/aromatic N) is 3. The molecule has 0 saturated carbocycles. The Kier molecular flexibility index (Phi) is 4.24. The maximum absolute atomic E-state index is 14.0. The number of rotatable bonds is 5. The van der Waals surface area contributed by atoms with Crippen LogP contribution in [0.3, 0.4) is 0 Å². The standard InChI is InChI=1S/C17H10FN3O5S/c1-24-10-7-11(18)15(21(22)23)14(8-10)27-17-20-19-16(26-17)13-6-9-4-2-3-5-12(9)25-13/h2-8H,1H3. The van der Waals surface area contributed by atoms with Gasteiger partial charge in [-0.05, 0) is 23.9 Å². The summed E-state index contributed by atoms with van der Waals surface area (Å²) in [4.78, 5) is 10.4. The molecule has 8 nitrogen and oxygen atoms in total. The second kappa shape index (κ2) is 6.72. The number of nitro benzene ring substituents is 1. The molecule has 0 bridgehead atoms. The fraction of sp³-hybridized carbons (Fsp3) is 0.0588. The van der Waals surface area contributed by atoms with Gasteiger partial charge in [0.2, 0.25) is 5.82 Å². The molecule has 0 fully saturated rings. The van der Waals surface area contributed by atoms with Gasteiger partial charge in [0.25, 0.3) is 11.1 Å². The van der Waals surface area contributed by atoms with Crippen LogP contribution >= 0.6 is 11.8 Å². The van der Waals surface area contributed by atoms with Crippen molar-refractivity contribution in [2.24, 2.45) is 0 Å². The van der Waals surface area contributed by atoms with Crippen molar-refractivity contribution >= 4 is 28.4 Å². The SMILES string of the molecule is COc1cc(F)c([N+](=O)[O-])c(Sc2nnc(-c3cc4ccccc4o3)o2)c1. The average Bonchev–Trinajstić information content (AvgIpc) is 3.27. The van der Waals surface area contributed by atoms with Gasteiger partial charge in [-0.1, -0.05) is 18.2 Å². The van der Waals surface area contributed by atoms with Crippen molar-refractivity contribution in [3.05, 3.63) is 58.4 Å². The molecule has 2 heterocycles. The van der Waals surface area contributed by atoms with Crippen molar-refractivity contribution in [2.45, 2.75) is 10.1 Å². The van der Waals surface area contributed by atoms with E-state index < -0.39 is 16.4 Å². The van der Waals surface area contributed by atoms with Crippen LogP contribution in [0.2, 0.25) is 0 Å². The van der Waals surface area contributed by atoms with Gasteiger partial charge in [0, 0.05) is 17.5 Å². The maximum Gasteiger partial charge on any atom is 0.319 e. The lowest BCUT2D eigenvalue weighted by Crippen LogP contribution is -1.96. The van der Waals surface area contributed by atoms with Crippen molar-refractivity contribution < 1.29 is 22.9 Å². The zero-order valence-corrected chi connectivity index (χ0v) is 14.5. The summed E-state index contributed by atoms with van der Waals surface area (Å²) in [5.41, 5.74) is -0.0327. The van der Waals surface area contributed by atoms with Crippen LogP contribution < -0.4 is 4.74 Å². The topological polar surface area (TPSA) is 104 Å². The van der Waals surface area contributed by atoms with Crippen LogP contribution in [-0.2, 0) is 0 Å². The van der Waals surface area contributed by atoms with Gasteiger partial charge < -0.3 is 13.6 Å². The first-order chi connectivity index (χ1) is 13.0. The molecule has 0 saturated heterocycles. The van der Waals surface area contributed by atoms with Crippen LogP contribution in [0.5, 0.6) is 5.75 Å². The molecular formula is C17H10FN3O5S. The Morgan fingerprint density at radius 3 is 2.74 bits per heavy atom. The minimum atomic E-state index is -1.01. The number of hydrogen-bond acceptors (Lipinski definition) is 8. The highest BCUT2D eigenvalue weighted by molar-refractivity contribution is 7.99. The highest BCUT2D eigenvalue weighted by Gasteiger charge is 2.25. The third kappa shape index (κ3) is 3.22. The summed E-state index contributed by atoms with van der Waals surface area (Å²) in [6.45, 7) is 0. The zero-order valence-electron chi connectivity index (χ0n) is 13.7. The third-order valence-corrected chi connectivity index (χ3v) is 4.53. The minimum absolute atomic E-state index is 0.00112. The molecular weight excluding hydrogens is 377 g/mol. The number of halogens is 1. The molecule has 0 aliphatic carbocycles. The molecule has 0 spiro atoms. The lowest BCUT2D eigenvalue weighted by atomic mass is 10.2. The first-order valence-electron chi connectivity index (χ1n) is 7.57. The van der Waals surface area contributed by atoms with E-state index in [4.69, 9.17) is 13.6 Å². The summed E-state index contributed by atoms with van der Waals surface area (Å²) in [6, 6.07) is 11.4. The van der Waals surface area contributed by atoms with E-state index in [9.17, 15) is 14.5 Å². The zero-order chi connectivity index (χ0) is 19.0. The number of aromatic nitrogens is 2. The molecule has 10 heteroatoms. The first-order valence-corrected chi connectivity index (χ1v) is 8.39. The van der Waals surface area contributed by atoms with Crippen molar-refractivity contribution in [2.75, 3.05) is 7.11 Å². The van der Waals surface area contributed by atoms with E-state index in [1.54, 1.807) is 12.1 Å². The monoisotopic (exact) mass is 387 g/mol. The first kappa shape index (κ1) is 17.0. The Balaban J connectivity index is 1.68. The van der Waals surface area contributed by atoms with Crippen LogP contribution in [0, 0.1) is 15.9 Å². The summed E-state index contributed by atoms with van der Waals surface area (Å²) >= 11 is 0.765. The Morgan fingerprint density at radius 2 is 2.00 bits per heavy atom. The van der Waals surface area contributed by atoms with Gasteiger partial charge in [-0.15, -0.1) is 10.2 Å². The lowest BCUT2D eigenvalue weighted by Gasteiger charge is -2.04. The highest BCUT2D eigenvalue weighted by Crippen LogP contribution is 2.39. The molecule has 2 aromatic carbocycles. The predicted octanol–water partition coefficient (Wildman–Crippen LogP) is 4.69. The second-order valence-corrected chi connectivity index (χ2v) is 6.33. The number of fused-ring (bicyclic) bond motifs is 1. The van der Waals surface area contributed by atoms with Gasteiger partial charge >= 0.3 is 5.69 Å². The molecule has 0 unspecified atom stereocenters.